The first-order chi connectivity index (χ1) is 3.18. The topological polar surface area (TPSA) is 0 Å². The minimum absolute atomic E-state index is 0.627. The Hall–Kier alpha value is -0.230. The number of halogens is 1. The van der Waals surface area contributed by atoms with Gasteiger partial charge >= 0.3 is 0 Å². The van der Waals surface area contributed by atoms with Crippen LogP contribution < -0.4 is 0 Å². The Morgan fingerprint density at radius 1 is 1.71 bits per heavy atom. The van der Waals surface area contributed by atoms with Crippen molar-refractivity contribution in [1.29, 1.82) is 0 Å². The van der Waals surface area contributed by atoms with E-state index in [-0.39, 0.29) is 0 Å². The second-order valence-corrected chi connectivity index (χ2v) is 1.83. The molecule has 0 amide bonds. The van der Waals surface area contributed by atoms with Gasteiger partial charge in [0.2, 0.25) is 0 Å². The van der Waals surface area contributed by atoms with Crippen LogP contribution in [0.3, 0.4) is 0 Å². The summed E-state index contributed by atoms with van der Waals surface area (Å²) in [5.74, 6) is 0. The molecule has 0 unspecified atom stereocenters. The zero-order valence-corrected chi connectivity index (χ0v) is 5.42. The van der Waals surface area contributed by atoms with E-state index >= 15 is 0 Å². The second-order valence-electron chi connectivity index (χ2n) is 1.38. The van der Waals surface area contributed by atoms with Gasteiger partial charge in [-0.05, 0) is 19.4 Å². The molecule has 0 nitrogen and oxygen atoms in total. The van der Waals surface area contributed by atoms with Gasteiger partial charge in [-0.1, -0.05) is 24.3 Å². The first kappa shape index (κ1) is 6.77. The van der Waals surface area contributed by atoms with E-state index in [0.717, 1.165) is 5.57 Å². The summed E-state index contributed by atoms with van der Waals surface area (Å²) in [6.45, 7) is 7.38. The first-order valence-electron chi connectivity index (χ1n) is 2.16. The molecule has 7 heavy (non-hydrogen) atoms. The summed E-state index contributed by atoms with van der Waals surface area (Å²) in [5, 5.41) is 0.627. The number of rotatable bonds is 1. The predicted octanol–water partition coefficient (Wildman–Crippen LogP) is 2.71. The van der Waals surface area contributed by atoms with Gasteiger partial charge in [-0.25, -0.2) is 0 Å². The highest BCUT2D eigenvalue weighted by molar-refractivity contribution is 6.31. The number of hydrogen-bond acceptors (Lipinski definition) is 0. The SMILES string of the molecule is C=C(Cl)C(C)=CC. The molecule has 0 aromatic rings. The molecule has 0 aliphatic heterocycles. The van der Waals surface area contributed by atoms with Crippen molar-refractivity contribution < 1.29 is 0 Å². The van der Waals surface area contributed by atoms with E-state index in [9.17, 15) is 0 Å². The molecule has 0 radical (unpaired) electrons. The summed E-state index contributed by atoms with van der Waals surface area (Å²) in [7, 11) is 0. The zero-order valence-electron chi connectivity index (χ0n) is 4.66. The Bertz CT molecular complexity index is 101. The Kier molecular flexibility index (Phi) is 2.77. The molecule has 0 aromatic heterocycles. The maximum atomic E-state index is 5.47. The third kappa shape index (κ3) is 2.46. The monoisotopic (exact) mass is 116 g/mol. The minimum atomic E-state index is 0.627. The van der Waals surface area contributed by atoms with Gasteiger partial charge < -0.3 is 0 Å². The highest BCUT2D eigenvalue weighted by Gasteiger charge is 1.84. The molecule has 0 fully saturated rings. The molecule has 0 spiro atoms. The molecule has 0 rings (SSSR count). The number of hydrogen-bond donors (Lipinski definition) is 0. The van der Waals surface area contributed by atoms with E-state index < -0.39 is 0 Å². The Labute approximate surface area is 49.5 Å². The van der Waals surface area contributed by atoms with Crippen molar-refractivity contribution >= 4 is 11.6 Å². The summed E-state index contributed by atoms with van der Waals surface area (Å²) >= 11 is 5.47. The fourth-order valence-electron chi connectivity index (χ4n) is 0.157. The van der Waals surface area contributed by atoms with Crippen molar-refractivity contribution in [1.82, 2.24) is 0 Å². The maximum Gasteiger partial charge on any atom is 0.0360 e. The quantitative estimate of drug-likeness (QED) is 0.462. The molecule has 0 aromatic carbocycles. The molecule has 1 heteroatoms. The number of allylic oxidation sites excluding steroid dienone is 3. The van der Waals surface area contributed by atoms with Gasteiger partial charge in [-0.2, -0.15) is 0 Å². The van der Waals surface area contributed by atoms with Crippen LogP contribution in [0, 0.1) is 0 Å². The molecule has 0 aliphatic rings. The summed E-state index contributed by atoms with van der Waals surface area (Å²) in [6, 6.07) is 0. The molecule has 0 saturated heterocycles. The average Bonchev–Trinajstić information content (AvgIpc) is 1.65. The third-order valence-corrected chi connectivity index (χ3v) is 1.16. The van der Waals surface area contributed by atoms with Gasteiger partial charge in [0.25, 0.3) is 0 Å². The molecule has 0 bridgehead atoms. The molecule has 0 saturated carbocycles. The summed E-state index contributed by atoms with van der Waals surface area (Å²) in [6.07, 6.45) is 1.93. The van der Waals surface area contributed by atoms with Gasteiger partial charge in [0.15, 0.2) is 0 Å². The highest BCUT2D eigenvalue weighted by Crippen LogP contribution is 2.08. The lowest BCUT2D eigenvalue weighted by molar-refractivity contribution is 1.46. The van der Waals surface area contributed by atoms with Crippen molar-refractivity contribution in [3.05, 3.63) is 23.3 Å². The van der Waals surface area contributed by atoms with E-state index in [1.807, 2.05) is 19.9 Å². The van der Waals surface area contributed by atoms with E-state index in [0.29, 0.717) is 5.03 Å². The Balaban J connectivity index is 3.82. The lowest BCUT2D eigenvalue weighted by Crippen LogP contribution is -1.67. The van der Waals surface area contributed by atoms with E-state index in [2.05, 4.69) is 6.58 Å². The highest BCUT2D eigenvalue weighted by atomic mass is 35.5. The lowest BCUT2D eigenvalue weighted by Gasteiger charge is -1.89. The van der Waals surface area contributed by atoms with Crippen molar-refractivity contribution in [2.45, 2.75) is 13.8 Å². The van der Waals surface area contributed by atoms with E-state index in [1.54, 1.807) is 0 Å². The molecular weight excluding hydrogens is 108 g/mol. The standard InChI is InChI=1S/C6H9Cl/c1-4-5(2)6(3)7/h4H,3H2,1-2H3. The van der Waals surface area contributed by atoms with Gasteiger partial charge in [0.1, 0.15) is 0 Å². The fraction of sp³-hybridized carbons (Fsp3) is 0.333. The van der Waals surface area contributed by atoms with Gasteiger partial charge in [0.05, 0.1) is 0 Å². The summed E-state index contributed by atoms with van der Waals surface area (Å²) in [4.78, 5) is 0. The average molecular weight is 117 g/mol. The van der Waals surface area contributed by atoms with Crippen LogP contribution in [-0.4, -0.2) is 0 Å². The molecule has 0 heterocycles. The second kappa shape index (κ2) is 2.86. The van der Waals surface area contributed by atoms with Crippen LogP contribution in [0.25, 0.3) is 0 Å². The Morgan fingerprint density at radius 2 is 2.14 bits per heavy atom. The fourth-order valence-corrected chi connectivity index (χ4v) is 0.266. The predicted molar refractivity (Wildman–Crippen MR) is 34.4 cm³/mol. The Morgan fingerprint density at radius 3 is 2.14 bits per heavy atom. The van der Waals surface area contributed by atoms with Crippen LogP contribution in [0.1, 0.15) is 13.8 Å². The molecular formula is C6H9Cl. The van der Waals surface area contributed by atoms with Crippen LogP contribution in [-0.2, 0) is 0 Å². The van der Waals surface area contributed by atoms with E-state index in [4.69, 9.17) is 11.6 Å². The van der Waals surface area contributed by atoms with Crippen molar-refractivity contribution in [3.8, 4) is 0 Å². The molecule has 0 aliphatic carbocycles. The summed E-state index contributed by atoms with van der Waals surface area (Å²) < 4.78 is 0. The van der Waals surface area contributed by atoms with Crippen LogP contribution >= 0.6 is 11.6 Å². The van der Waals surface area contributed by atoms with Crippen LogP contribution in [0.5, 0.6) is 0 Å². The lowest BCUT2D eigenvalue weighted by atomic mass is 10.3. The smallest absolute Gasteiger partial charge is 0.0360 e. The van der Waals surface area contributed by atoms with Gasteiger partial charge in [0, 0.05) is 5.03 Å². The maximum absolute atomic E-state index is 5.47. The van der Waals surface area contributed by atoms with Crippen LogP contribution in [0.4, 0.5) is 0 Å². The molecule has 0 atom stereocenters. The largest absolute Gasteiger partial charge is 0.0847 e. The van der Waals surface area contributed by atoms with Crippen molar-refractivity contribution in [2.75, 3.05) is 0 Å². The van der Waals surface area contributed by atoms with Crippen molar-refractivity contribution in [3.63, 3.8) is 0 Å². The van der Waals surface area contributed by atoms with E-state index in [1.165, 1.54) is 0 Å². The summed E-state index contributed by atoms with van der Waals surface area (Å²) in [5.41, 5.74) is 1.04. The third-order valence-electron chi connectivity index (χ3n) is 0.861. The zero-order chi connectivity index (χ0) is 5.86. The molecule has 0 N–H and O–H groups in total. The molecule has 40 valence electrons. The van der Waals surface area contributed by atoms with Gasteiger partial charge in [-0.3, -0.25) is 0 Å². The van der Waals surface area contributed by atoms with Crippen molar-refractivity contribution in [2.24, 2.45) is 0 Å². The minimum Gasteiger partial charge on any atom is -0.0847 e. The first-order valence-corrected chi connectivity index (χ1v) is 2.54. The van der Waals surface area contributed by atoms with Crippen LogP contribution in [0.2, 0.25) is 0 Å². The van der Waals surface area contributed by atoms with Gasteiger partial charge in [-0.15, -0.1) is 0 Å². The normalized spacial score (nSPS) is 11.6. The van der Waals surface area contributed by atoms with Crippen LogP contribution in [0.15, 0.2) is 23.3 Å².